The number of aliphatic carboxylic acids is 1. The summed E-state index contributed by atoms with van der Waals surface area (Å²) in [5.74, 6) is -1.44. The SMILES string of the molecule is N=C(N)c1ccc(COc2ccc3c(c2)C(=O)N(CCC(=O)O)CC(=O)N3Cc2ccc(Cl)cc2)cc1. The van der Waals surface area contributed by atoms with Gasteiger partial charge in [0, 0.05) is 17.1 Å². The highest BCUT2D eigenvalue weighted by atomic mass is 35.5. The van der Waals surface area contributed by atoms with Gasteiger partial charge in [-0.2, -0.15) is 0 Å². The summed E-state index contributed by atoms with van der Waals surface area (Å²) in [6.45, 7) is 0.0852. The zero-order valence-electron chi connectivity index (χ0n) is 19.8. The number of carbonyl (C=O) groups excluding carboxylic acids is 2. The molecule has 0 unspecified atom stereocenters. The van der Waals surface area contributed by atoms with Gasteiger partial charge in [0.25, 0.3) is 5.91 Å². The summed E-state index contributed by atoms with van der Waals surface area (Å²) in [6, 6.07) is 19.0. The van der Waals surface area contributed by atoms with Crippen LogP contribution in [0.3, 0.4) is 0 Å². The molecule has 0 aliphatic carbocycles. The number of fused-ring (bicyclic) bond motifs is 1. The third kappa shape index (κ3) is 6.25. The van der Waals surface area contributed by atoms with Crippen LogP contribution in [0.25, 0.3) is 0 Å². The van der Waals surface area contributed by atoms with Crippen molar-refractivity contribution in [2.75, 3.05) is 18.0 Å². The molecule has 4 rings (SSSR count). The van der Waals surface area contributed by atoms with Gasteiger partial charge in [0.1, 0.15) is 24.7 Å². The van der Waals surface area contributed by atoms with Crippen molar-refractivity contribution >= 4 is 40.9 Å². The van der Waals surface area contributed by atoms with Gasteiger partial charge >= 0.3 is 5.97 Å². The molecule has 2 amide bonds. The van der Waals surface area contributed by atoms with Crippen LogP contribution in [0.2, 0.25) is 5.02 Å². The van der Waals surface area contributed by atoms with Crippen molar-refractivity contribution in [2.45, 2.75) is 19.6 Å². The summed E-state index contributed by atoms with van der Waals surface area (Å²) in [5, 5.41) is 17.2. The zero-order valence-corrected chi connectivity index (χ0v) is 20.6. The van der Waals surface area contributed by atoms with Crippen LogP contribution in [0.1, 0.15) is 33.5 Å². The molecule has 37 heavy (non-hydrogen) atoms. The van der Waals surface area contributed by atoms with E-state index in [2.05, 4.69) is 0 Å². The van der Waals surface area contributed by atoms with Crippen LogP contribution in [0.5, 0.6) is 5.75 Å². The number of nitrogens with one attached hydrogen (secondary N) is 1. The highest BCUT2D eigenvalue weighted by Gasteiger charge is 2.32. The first-order valence-electron chi connectivity index (χ1n) is 11.5. The van der Waals surface area contributed by atoms with Crippen LogP contribution in [-0.4, -0.2) is 46.7 Å². The lowest BCUT2D eigenvalue weighted by Crippen LogP contribution is -2.40. The van der Waals surface area contributed by atoms with Gasteiger partial charge in [-0.15, -0.1) is 0 Å². The van der Waals surface area contributed by atoms with Gasteiger partial charge in [-0.05, 0) is 41.5 Å². The van der Waals surface area contributed by atoms with Crippen molar-refractivity contribution in [3.8, 4) is 5.75 Å². The minimum Gasteiger partial charge on any atom is -0.489 e. The van der Waals surface area contributed by atoms with Gasteiger partial charge in [0.05, 0.1) is 24.2 Å². The molecular weight excluding hydrogens is 496 g/mol. The van der Waals surface area contributed by atoms with Crippen LogP contribution in [0.4, 0.5) is 5.69 Å². The van der Waals surface area contributed by atoms with Crippen molar-refractivity contribution < 1.29 is 24.2 Å². The predicted molar refractivity (Wildman–Crippen MR) is 139 cm³/mol. The number of halogens is 1. The number of ether oxygens (including phenoxy) is 1. The van der Waals surface area contributed by atoms with Crippen LogP contribution < -0.4 is 15.4 Å². The maximum absolute atomic E-state index is 13.4. The Morgan fingerprint density at radius 2 is 1.70 bits per heavy atom. The molecule has 3 aromatic carbocycles. The molecule has 0 spiro atoms. The number of anilines is 1. The number of carboxylic acid groups (broad SMARTS) is 1. The van der Waals surface area contributed by atoms with E-state index in [1.165, 1.54) is 9.80 Å². The molecule has 0 saturated carbocycles. The first-order valence-corrected chi connectivity index (χ1v) is 11.8. The number of carboxylic acids is 1. The highest BCUT2D eigenvalue weighted by molar-refractivity contribution is 6.30. The molecule has 0 atom stereocenters. The Labute approximate surface area is 218 Å². The van der Waals surface area contributed by atoms with Crippen molar-refractivity contribution in [3.05, 3.63) is 94.0 Å². The van der Waals surface area contributed by atoms with E-state index in [9.17, 15) is 14.4 Å². The average Bonchev–Trinajstić information content (AvgIpc) is 2.97. The van der Waals surface area contributed by atoms with E-state index in [0.717, 1.165) is 11.1 Å². The fourth-order valence-corrected chi connectivity index (χ4v) is 4.07. The van der Waals surface area contributed by atoms with E-state index in [-0.39, 0.29) is 50.0 Å². The molecule has 1 heterocycles. The number of amidine groups is 1. The lowest BCUT2D eigenvalue weighted by molar-refractivity contribution is -0.137. The number of nitrogen functional groups attached to an aromatic ring is 1. The van der Waals surface area contributed by atoms with Crippen molar-refractivity contribution in [3.63, 3.8) is 0 Å². The Morgan fingerprint density at radius 3 is 2.35 bits per heavy atom. The van der Waals surface area contributed by atoms with E-state index >= 15 is 0 Å². The van der Waals surface area contributed by atoms with Crippen LogP contribution in [0, 0.1) is 5.41 Å². The lowest BCUT2D eigenvalue weighted by Gasteiger charge is -2.23. The summed E-state index contributed by atoms with van der Waals surface area (Å²) in [6.07, 6.45) is -0.280. The Balaban J connectivity index is 1.62. The first kappa shape index (κ1) is 25.7. The standard InChI is InChI=1S/C27H25ClN4O5/c28-20-7-3-17(4-8-20)14-32-23-10-9-21(37-16-18-1-5-19(6-2-18)26(29)30)13-22(23)27(36)31(15-24(32)33)12-11-25(34)35/h1-10,13H,11-12,14-16H2,(H3,29,30)(H,34,35). The molecule has 0 aromatic heterocycles. The second kappa shape index (κ2) is 11.1. The second-order valence-corrected chi connectivity index (χ2v) is 8.99. The van der Waals surface area contributed by atoms with Crippen LogP contribution in [-0.2, 0) is 22.7 Å². The summed E-state index contributed by atoms with van der Waals surface area (Å²) in [4.78, 5) is 40.5. The van der Waals surface area contributed by atoms with Gasteiger partial charge in [-0.1, -0.05) is 48.0 Å². The minimum absolute atomic E-state index is 0.0260. The highest BCUT2D eigenvalue weighted by Crippen LogP contribution is 2.31. The number of nitrogens with zero attached hydrogens (tertiary/aromatic N) is 2. The number of rotatable bonds is 9. The van der Waals surface area contributed by atoms with E-state index in [1.54, 1.807) is 66.7 Å². The van der Waals surface area contributed by atoms with Gasteiger partial charge in [0.15, 0.2) is 0 Å². The quantitative estimate of drug-likeness (QED) is 0.291. The average molecular weight is 521 g/mol. The molecule has 9 nitrogen and oxygen atoms in total. The smallest absolute Gasteiger partial charge is 0.305 e. The molecule has 0 radical (unpaired) electrons. The molecule has 1 aliphatic rings. The largest absolute Gasteiger partial charge is 0.489 e. The Bertz CT molecular complexity index is 1340. The number of amides is 2. The maximum atomic E-state index is 13.4. The molecule has 1 aliphatic heterocycles. The van der Waals surface area contributed by atoms with Crippen molar-refractivity contribution in [1.82, 2.24) is 4.90 Å². The zero-order chi connectivity index (χ0) is 26.5. The molecule has 4 N–H and O–H groups in total. The van der Waals surface area contributed by atoms with Gasteiger partial charge in [-0.25, -0.2) is 0 Å². The van der Waals surface area contributed by atoms with E-state index in [1.807, 2.05) is 0 Å². The lowest BCUT2D eigenvalue weighted by atomic mass is 10.1. The summed E-state index contributed by atoms with van der Waals surface area (Å²) in [5.41, 5.74) is 8.43. The number of carbonyl (C=O) groups is 3. The third-order valence-electron chi connectivity index (χ3n) is 5.92. The minimum atomic E-state index is -1.06. The van der Waals surface area contributed by atoms with Crippen molar-refractivity contribution in [2.24, 2.45) is 5.73 Å². The van der Waals surface area contributed by atoms with Crippen molar-refractivity contribution in [1.29, 1.82) is 5.41 Å². The Morgan fingerprint density at radius 1 is 1.03 bits per heavy atom. The molecule has 3 aromatic rings. The predicted octanol–water partition coefficient (Wildman–Crippen LogP) is 3.67. The van der Waals surface area contributed by atoms with E-state index in [4.69, 9.17) is 32.6 Å². The van der Waals surface area contributed by atoms with E-state index < -0.39 is 11.9 Å². The van der Waals surface area contributed by atoms with Gasteiger partial charge in [0.2, 0.25) is 5.91 Å². The summed E-state index contributed by atoms with van der Waals surface area (Å²) in [7, 11) is 0. The second-order valence-electron chi connectivity index (χ2n) is 8.56. The first-order chi connectivity index (χ1) is 17.7. The summed E-state index contributed by atoms with van der Waals surface area (Å²) >= 11 is 5.99. The molecule has 0 fully saturated rings. The van der Waals surface area contributed by atoms with Gasteiger partial charge in [-0.3, -0.25) is 19.8 Å². The third-order valence-corrected chi connectivity index (χ3v) is 6.18. The maximum Gasteiger partial charge on any atom is 0.305 e. The fraction of sp³-hybridized carbons (Fsp3) is 0.185. The Kier molecular flexibility index (Phi) is 7.74. The summed E-state index contributed by atoms with van der Waals surface area (Å²) < 4.78 is 5.91. The monoisotopic (exact) mass is 520 g/mol. The topological polar surface area (TPSA) is 137 Å². The normalized spacial score (nSPS) is 13.2. The fourth-order valence-electron chi connectivity index (χ4n) is 3.94. The number of hydrogen-bond donors (Lipinski definition) is 3. The number of nitrogens with two attached hydrogens (primary N) is 1. The molecular formula is C27H25ClN4O5. The Hall–Kier alpha value is -4.37. The van der Waals surface area contributed by atoms with E-state index in [0.29, 0.717) is 22.0 Å². The molecule has 10 heteroatoms. The molecule has 190 valence electrons. The number of benzene rings is 3. The number of hydrogen-bond acceptors (Lipinski definition) is 5. The van der Waals surface area contributed by atoms with Crippen LogP contribution >= 0.6 is 11.6 Å². The molecule has 0 saturated heterocycles. The van der Waals surface area contributed by atoms with Gasteiger partial charge < -0.3 is 25.4 Å². The van der Waals surface area contributed by atoms with Crippen LogP contribution in [0.15, 0.2) is 66.7 Å². The molecule has 0 bridgehead atoms.